The van der Waals surface area contributed by atoms with Crippen molar-refractivity contribution in [3.8, 4) is 5.69 Å². The van der Waals surface area contributed by atoms with E-state index in [0.717, 1.165) is 16.6 Å². The number of aliphatic hydroxyl groups is 2. The molecule has 0 spiro atoms. The van der Waals surface area contributed by atoms with E-state index in [9.17, 15) is 15.0 Å². The summed E-state index contributed by atoms with van der Waals surface area (Å²) >= 11 is 6.08. The summed E-state index contributed by atoms with van der Waals surface area (Å²) in [6, 6.07) is 14.8. The predicted octanol–water partition coefficient (Wildman–Crippen LogP) is 4.64. The number of rotatable bonds is 4. The van der Waals surface area contributed by atoms with Crippen molar-refractivity contribution in [2.24, 2.45) is 0 Å². The molecule has 1 aliphatic rings. The zero-order valence-electron chi connectivity index (χ0n) is 17.5. The van der Waals surface area contributed by atoms with Gasteiger partial charge in [-0.25, -0.2) is 0 Å². The lowest BCUT2D eigenvalue weighted by Crippen LogP contribution is -2.34. The quantitative estimate of drug-likeness (QED) is 0.621. The number of nitrogens with zero attached hydrogens (tertiary/aromatic N) is 1. The van der Waals surface area contributed by atoms with Gasteiger partial charge in [0.2, 0.25) is 0 Å². The fourth-order valence-corrected chi connectivity index (χ4v) is 4.37. The molecule has 31 heavy (non-hydrogen) atoms. The minimum atomic E-state index is -1.00. The molecule has 2 heterocycles. The highest BCUT2D eigenvalue weighted by Crippen LogP contribution is 2.30. The Balaban J connectivity index is 1.95. The third kappa shape index (κ3) is 4.46. The SMILES string of the molecule is CC(C)c1c(/C=C/[C@@H]2C[C@@H](O)CC(O)O2)n(-c2ccc(Cl)cc2)c(=O)c2ccccc12. The Hall–Kier alpha value is -2.44. The second-order valence-electron chi connectivity index (χ2n) is 8.23. The largest absolute Gasteiger partial charge is 0.393 e. The fraction of sp³-hybridized carbons (Fsp3) is 0.320. The molecule has 1 saturated heterocycles. The minimum absolute atomic E-state index is 0.119. The molecule has 1 aromatic heterocycles. The Labute approximate surface area is 186 Å². The summed E-state index contributed by atoms with van der Waals surface area (Å²) in [6.45, 7) is 4.20. The molecule has 1 aliphatic heterocycles. The first kappa shape index (κ1) is 21.8. The third-order valence-electron chi connectivity index (χ3n) is 5.61. The van der Waals surface area contributed by atoms with Crippen LogP contribution in [0.25, 0.3) is 22.5 Å². The molecule has 3 aromatic rings. The van der Waals surface area contributed by atoms with Crippen molar-refractivity contribution in [1.82, 2.24) is 4.57 Å². The summed E-state index contributed by atoms with van der Waals surface area (Å²) in [7, 11) is 0. The normalized spacial score (nSPS) is 21.9. The van der Waals surface area contributed by atoms with E-state index in [1.165, 1.54) is 0 Å². The van der Waals surface area contributed by atoms with Crippen molar-refractivity contribution >= 4 is 28.4 Å². The van der Waals surface area contributed by atoms with E-state index in [1.54, 1.807) is 16.7 Å². The van der Waals surface area contributed by atoms with Crippen LogP contribution in [0.5, 0.6) is 0 Å². The van der Waals surface area contributed by atoms with E-state index in [1.807, 2.05) is 48.6 Å². The van der Waals surface area contributed by atoms with Crippen molar-refractivity contribution in [2.75, 3.05) is 0 Å². The molecular weight excluding hydrogens is 414 g/mol. The van der Waals surface area contributed by atoms with Gasteiger partial charge in [-0.2, -0.15) is 0 Å². The number of fused-ring (bicyclic) bond motifs is 1. The lowest BCUT2D eigenvalue weighted by atomic mass is 9.93. The number of ether oxygens (including phenoxy) is 1. The monoisotopic (exact) mass is 439 g/mol. The predicted molar refractivity (Wildman–Crippen MR) is 124 cm³/mol. The Morgan fingerprint density at radius 2 is 1.74 bits per heavy atom. The molecule has 1 fully saturated rings. The molecule has 0 amide bonds. The maximum Gasteiger partial charge on any atom is 0.263 e. The van der Waals surface area contributed by atoms with Crippen LogP contribution in [0.2, 0.25) is 5.02 Å². The second-order valence-corrected chi connectivity index (χ2v) is 8.67. The maximum absolute atomic E-state index is 13.5. The molecule has 6 heteroatoms. The van der Waals surface area contributed by atoms with E-state index in [-0.39, 0.29) is 17.9 Å². The Morgan fingerprint density at radius 1 is 1.06 bits per heavy atom. The average Bonchev–Trinajstić information content (AvgIpc) is 2.72. The minimum Gasteiger partial charge on any atom is -0.393 e. The van der Waals surface area contributed by atoms with Crippen LogP contribution in [-0.4, -0.2) is 33.3 Å². The fourth-order valence-electron chi connectivity index (χ4n) is 4.24. The zero-order chi connectivity index (χ0) is 22.1. The summed E-state index contributed by atoms with van der Waals surface area (Å²) in [5.41, 5.74) is 2.38. The van der Waals surface area contributed by atoms with Gasteiger partial charge in [-0.3, -0.25) is 9.36 Å². The lowest BCUT2D eigenvalue weighted by molar-refractivity contribution is -0.175. The summed E-state index contributed by atoms with van der Waals surface area (Å²) in [5, 5.41) is 22.0. The van der Waals surface area contributed by atoms with E-state index in [0.29, 0.717) is 22.5 Å². The molecule has 3 atom stereocenters. The van der Waals surface area contributed by atoms with Gasteiger partial charge in [-0.05, 0) is 53.3 Å². The van der Waals surface area contributed by atoms with Crippen LogP contribution in [0.4, 0.5) is 0 Å². The van der Waals surface area contributed by atoms with Gasteiger partial charge < -0.3 is 14.9 Å². The maximum atomic E-state index is 13.5. The highest BCUT2D eigenvalue weighted by molar-refractivity contribution is 6.30. The molecular formula is C25H26ClNO4. The molecule has 1 unspecified atom stereocenters. The van der Waals surface area contributed by atoms with E-state index < -0.39 is 18.5 Å². The van der Waals surface area contributed by atoms with Gasteiger partial charge in [0.25, 0.3) is 5.56 Å². The standard InChI is InChI=1S/C25H26ClNO4/c1-15(2)24-20-5-3-4-6-21(20)25(30)27(17-9-7-16(26)8-10-17)22(24)12-11-19-13-18(28)14-23(29)31-19/h3-12,15,18-19,23,28-29H,13-14H2,1-2H3/b12-11+/t18-,19-,23?/m1/s1. The molecule has 2 aromatic carbocycles. The molecule has 0 bridgehead atoms. The Bertz CT molecular complexity index is 1160. The topological polar surface area (TPSA) is 71.7 Å². The van der Waals surface area contributed by atoms with Gasteiger partial charge in [0.05, 0.1) is 17.9 Å². The van der Waals surface area contributed by atoms with Gasteiger partial charge in [0.1, 0.15) is 0 Å². The van der Waals surface area contributed by atoms with Crippen molar-refractivity contribution in [1.29, 1.82) is 0 Å². The summed E-state index contributed by atoms with van der Waals surface area (Å²) in [6.07, 6.45) is 2.20. The van der Waals surface area contributed by atoms with Gasteiger partial charge in [0, 0.05) is 28.9 Å². The number of hydrogen-bond acceptors (Lipinski definition) is 4. The smallest absolute Gasteiger partial charge is 0.263 e. The number of pyridine rings is 1. The van der Waals surface area contributed by atoms with E-state index in [2.05, 4.69) is 13.8 Å². The number of aromatic nitrogens is 1. The zero-order valence-corrected chi connectivity index (χ0v) is 18.3. The van der Waals surface area contributed by atoms with Gasteiger partial charge in [-0.15, -0.1) is 0 Å². The summed E-state index contributed by atoms with van der Waals surface area (Å²) in [5.74, 6) is 0.146. The van der Waals surface area contributed by atoms with Crippen LogP contribution in [0, 0.1) is 0 Å². The van der Waals surface area contributed by atoms with Crippen LogP contribution in [0.15, 0.2) is 59.4 Å². The molecule has 0 radical (unpaired) electrons. The molecule has 5 nitrogen and oxygen atoms in total. The lowest BCUT2D eigenvalue weighted by Gasteiger charge is -2.28. The van der Waals surface area contributed by atoms with E-state index in [4.69, 9.17) is 16.3 Å². The van der Waals surface area contributed by atoms with Crippen molar-refractivity contribution in [2.45, 2.75) is 51.1 Å². The van der Waals surface area contributed by atoms with Crippen LogP contribution in [0.1, 0.15) is 43.9 Å². The Morgan fingerprint density at radius 3 is 2.39 bits per heavy atom. The first-order valence-electron chi connectivity index (χ1n) is 10.5. The van der Waals surface area contributed by atoms with Gasteiger partial charge in [0.15, 0.2) is 6.29 Å². The highest BCUT2D eigenvalue weighted by atomic mass is 35.5. The second kappa shape index (κ2) is 8.97. The molecule has 162 valence electrons. The first-order valence-corrected chi connectivity index (χ1v) is 10.9. The summed E-state index contributed by atoms with van der Waals surface area (Å²) in [4.78, 5) is 13.5. The van der Waals surface area contributed by atoms with Crippen molar-refractivity contribution < 1.29 is 14.9 Å². The number of aliphatic hydroxyl groups excluding tert-OH is 2. The average molecular weight is 440 g/mol. The molecule has 0 saturated carbocycles. The summed E-state index contributed by atoms with van der Waals surface area (Å²) < 4.78 is 7.26. The van der Waals surface area contributed by atoms with Crippen molar-refractivity contribution in [3.05, 3.63) is 81.2 Å². The van der Waals surface area contributed by atoms with Crippen LogP contribution < -0.4 is 5.56 Å². The van der Waals surface area contributed by atoms with E-state index >= 15 is 0 Å². The van der Waals surface area contributed by atoms with Crippen LogP contribution >= 0.6 is 11.6 Å². The number of halogens is 1. The molecule has 4 rings (SSSR count). The van der Waals surface area contributed by atoms with Gasteiger partial charge >= 0.3 is 0 Å². The van der Waals surface area contributed by atoms with Crippen molar-refractivity contribution in [3.63, 3.8) is 0 Å². The first-order chi connectivity index (χ1) is 14.8. The Kier molecular flexibility index (Phi) is 6.30. The highest BCUT2D eigenvalue weighted by Gasteiger charge is 2.26. The van der Waals surface area contributed by atoms with Gasteiger partial charge in [-0.1, -0.05) is 49.7 Å². The van der Waals surface area contributed by atoms with Crippen LogP contribution in [0.3, 0.4) is 0 Å². The van der Waals surface area contributed by atoms with Crippen LogP contribution in [-0.2, 0) is 4.74 Å². The number of hydrogen-bond donors (Lipinski definition) is 2. The molecule has 0 aliphatic carbocycles. The third-order valence-corrected chi connectivity index (χ3v) is 5.86. The number of benzene rings is 2. The molecule has 2 N–H and O–H groups in total.